The normalized spacial score (nSPS) is 19.8. The zero-order valence-electron chi connectivity index (χ0n) is 16.0. The lowest BCUT2D eigenvalue weighted by Gasteiger charge is -2.16. The summed E-state index contributed by atoms with van der Waals surface area (Å²) in [6.07, 6.45) is 0.726. The smallest absolute Gasteiger partial charge is 0.291 e. The summed E-state index contributed by atoms with van der Waals surface area (Å²) >= 11 is 2.96. The maximum absolute atomic E-state index is 13.4. The first-order chi connectivity index (χ1) is 14.7. The van der Waals surface area contributed by atoms with Crippen LogP contribution in [0.25, 0.3) is 0 Å². The molecule has 1 aromatic heterocycles. The van der Waals surface area contributed by atoms with Crippen molar-refractivity contribution in [2.45, 2.75) is 11.3 Å². The number of amidine groups is 1. The number of carbonyl (C=O) groups is 1. The van der Waals surface area contributed by atoms with Gasteiger partial charge in [-0.3, -0.25) is 9.69 Å². The number of carbonyl (C=O) groups excluding carboxylic acids is 1. The minimum Gasteiger partial charge on any atom is -0.337 e. The third-order valence-corrected chi connectivity index (χ3v) is 7.22. The Hall–Kier alpha value is -3.11. The van der Waals surface area contributed by atoms with E-state index in [1.165, 1.54) is 11.8 Å². The topological polar surface area (TPSA) is 90.4 Å². The second-order valence-corrected chi connectivity index (χ2v) is 8.67. The number of aromatic amines is 1. The number of hydrogen-bond acceptors (Lipinski definition) is 8. The Morgan fingerprint density at radius 1 is 1.07 bits per heavy atom. The number of rotatable bonds is 4. The van der Waals surface area contributed by atoms with Crippen molar-refractivity contribution < 1.29 is 4.79 Å². The SMILES string of the molecule is CN1/C(=C2/SC(=Nc3nn[nH]n3)N(CCc3ccccc3)C2=O)Sc2ccccc21. The molecule has 2 aliphatic rings. The van der Waals surface area contributed by atoms with Crippen LogP contribution in [-0.2, 0) is 11.2 Å². The molecule has 0 saturated carbocycles. The van der Waals surface area contributed by atoms with Crippen LogP contribution < -0.4 is 4.90 Å². The minimum atomic E-state index is -0.0552. The van der Waals surface area contributed by atoms with Gasteiger partial charge in [0, 0.05) is 18.5 Å². The van der Waals surface area contributed by atoms with Crippen LogP contribution in [-0.4, -0.2) is 50.2 Å². The van der Waals surface area contributed by atoms with Gasteiger partial charge >= 0.3 is 0 Å². The zero-order valence-corrected chi connectivity index (χ0v) is 17.7. The number of amides is 1. The van der Waals surface area contributed by atoms with Gasteiger partial charge in [-0.05, 0) is 41.1 Å². The lowest BCUT2D eigenvalue weighted by atomic mass is 10.1. The lowest BCUT2D eigenvalue weighted by molar-refractivity contribution is -0.122. The molecule has 0 bridgehead atoms. The van der Waals surface area contributed by atoms with E-state index in [0.717, 1.165) is 27.6 Å². The van der Waals surface area contributed by atoms with Crippen molar-refractivity contribution in [1.29, 1.82) is 0 Å². The van der Waals surface area contributed by atoms with Crippen LogP contribution in [0.3, 0.4) is 0 Å². The molecule has 0 atom stereocenters. The van der Waals surface area contributed by atoms with Gasteiger partial charge in [0.25, 0.3) is 11.9 Å². The fourth-order valence-electron chi connectivity index (χ4n) is 3.29. The summed E-state index contributed by atoms with van der Waals surface area (Å²) < 4.78 is 0. The van der Waals surface area contributed by atoms with Crippen LogP contribution in [0.4, 0.5) is 11.6 Å². The van der Waals surface area contributed by atoms with Crippen LogP contribution in [0.15, 0.2) is 74.4 Å². The number of nitrogens with one attached hydrogen (secondary N) is 1. The molecule has 150 valence electrons. The summed E-state index contributed by atoms with van der Waals surface area (Å²) in [6, 6.07) is 18.2. The molecule has 0 unspecified atom stereocenters. The Kier molecular flexibility index (Phi) is 5.01. The largest absolute Gasteiger partial charge is 0.337 e. The number of tetrazole rings is 1. The number of benzene rings is 2. The number of aliphatic imine (C=N–C) groups is 1. The molecule has 8 nitrogen and oxygen atoms in total. The molecule has 10 heteroatoms. The summed E-state index contributed by atoms with van der Waals surface area (Å²) in [6.45, 7) is 0.518. The maximum Gasteiger partial charge on any atom is 0.291 e. The van der Waals surface area contributed by atoms with Crippen LogP contribution in [0.5, 0.6) is 0 Å². The van der Waals surface area contributed by atoms with Crippen molar-refractivity contribution in [2.75, 3.05) is 18.5 Å². The van der Waals surface area contributed by atoms with Crippen LogP contribution in [0.2, 0.25) is 0 Å². The molecule has 2 aliphatic heterocycles. The van der Waals surface area contributed by atoms with Crippen LogP contribution in [0, 0.1) is 0 Å². The van der Waals surface area contributed by atoms with Gasteiger partial charge < -0.3 is 4.90 Å². The first kappa shape index (κ1) is 18.9. The molecule has 0 spiro atoms. The maximum atomic E-state index is 13.4. The second kappa shape index (κ2) is 7.96. The molecular formula is C20H17N7OS2. The molecule has 1 amide bonds. The quantitative estimate of drug-likeness (QED) is 0.628. The first-order valence-corrected chi connectivity index (χ1v) is 10.9. The van der Waals surface area contributed by atoms with Gasteiger partial charge in [0.1, 0.15) is 4.91 Å². The van der Waals surface area contributed by atoms with Gasteiger partial charge in [-0.2, -0.15) is 10.2 Å². The highest BCUT2D eigenvalue weighted by molar-refractivity contribution is 8.19. The van der Waals surface area contributed by atoms with E-state index in [0.29, 0.717) is 16.6 Å². The third-order valence-electron chi connectivity index (χ3n) is 4.79. The first-order valence-electron chi connectivity index (χ1n) is 9.31. The van der Waals surface area contributed by atoms with Gasteiger partial charge in [0.05, 0.1) is 10.7 Å². The van der Waals surface area contributed by atoms with Crippen LogP contribution >= 0.6 is 23.5 Å². The predicted molar refractivity (Wildman–Crippen MR) is 118 cm³/mol. The highest BCUT2D eigenvalue weighted by atomic mass is 32.2. The Bertz CT molecular complexity index is 1140. The number of para-hydroxylation sites is 1. The number of nitrogens with zero attached hydrogens (tertiary/aromatic N) is 6. The predicted octanol–water partition coefficient (Wildman–Crippen LogP) is 3.42. The Morgan fingerprint density at radius 2 is 1.87 bits per heavy atom. The molecule has 2 aromatic carbocycles. The zero-order chi connectivity index (χ0) is 20.5. The highest BCUT2D eigenvalue weighted by Gasteiger charge is 2.39. The second-order valence-electron chi connectivity index (χ2n) is 6.66. The monoisotopic (exact) mass is 435 g/mol. The highest BCUT2D eigenvalue weighted by Crippen LogP contribution is 2.49. The van der Waals surface area contributed by atoms with E-state index >= 15 is 0 Å². The Morgan fingerprint density at radius 3 is 2.63 bits per heavy atom. The van der Waals surface area contributed by atoms with E-state index in [-0.39, 0.29) is 11.9 Å². The molecule has 0 radical (unpaired) electrons. The van der Waals surface area contributed by atoms with E-state index in [1.54, 1.807) is 16.7 Å². The number of fused-ring (bicyclic) bond motifs is 1. The van der Waals surface area contributed by atoms with Crippen molar-refractivity contribution in [3.63, 3.8) is 0 Å². The summed E-state index contributed by atoms with van der Waals surface area (Å²) in [4.78, 5) is 23.4. The molecule has 0 aliphatic carbocycles. The van der Waals surface area contributed by atoms with Gasteiger partial charge in [-0.15, -0.1) is 5.10 Å². The lowest BCUT2D eigenvalue weighted by Crippen LogP contribution is -2.31. The molecule has 30 heavy (non-hydrogen) atoms. The summed E-state index contributed by atoms with van der Waals surface area (Å²) in [5, 5.41) is 15.2. The molecular weight excluding hydrogens is 418 g/mol. The molecule has 5 rings (SSSR count). The number of thioether (sulfide) groups is 2. The molecule has 1 fully saturated rings. The summed E-state index contributed by atoms with van der Waals surface area (Å²) in [5.74, 6) is 0.150. The number of H-pyrrole nitrogens is 1. The fourth-order valence-corrected chi connectivity index (χ4v) is 5.64. The van der Waals surface area contributed by atoms with Gasteiger partial charge in [-0.25, -0.2) is 0 Å². The Labute approximate surface area is 181 Å². The fraction of sp³-hybridized carbons (Fsp3) is 0.150. The summed E-state index contributed by atoms with van der Waals surface area (Å²) in [7, 11) is 1.98. The molecule has 3 aromatic rings. The number of anilines is 1. The van der Waals surface area contributed by atoms with E-state index in [4.69, 9.17) is 0 Å². The van der Waals surface area contributed by atoms with E-state index in [9.17, 15) is 4.79 Å². The van der Waals surface area contributed by atoms with Gasteiger partial charge in [0.15, 0.2) is 5.17 Å². The van der Waals surface area contributed by atoms with E-state index in [2.05, 4.69) is 54.8 Å². The minimum absolute atomic E-state index is 0.0552. The third kappa shape index (κ3) is 3.48. The van der Waals surface area contributed by atoms with E-state index in [1.807, 2.05) is 37.4 Å². The van der Waals surface area contributed by atoms with Gasteiger partial charge in [0.2, 0.25) is 0 Å². The van der Waals surface area contributed by atoms with Gasteiger partial charge in [-0.1, -0.05) is 59.3 Å². The average molecular weight is 436 g/mol. The number of hydrogen-bond donors (Lipinski definition) is 1. The number of aromatic nitrogens is 4. The molecule has 1 saturated heterocycles. The molecule has 3 heterocycles. The van der Waals surface area contributed by atoms with Crippen molar-refractivity contribution >= 4 is 46.2 Å². The van der Waals surface area contributed by atoms with E-state index < -0.39 is 0 Å². The van der Waals surface area contributed by atoms with Crippen molar-refractivity contribution in [2.24, 2.45) is 4.99 Å². The average Bonchev–Trinajstić information content (AvgIpc) is 3.47. The van der Waals surface area contributed by atoms with Crippen molar-refractivity contribution in [3.05, 3.63) is 70.1 Å². The molecule has 1 N–H and O–H groups in total. The Balaban J connectivity index is 1.48. The van der Waals surface area contributed by atoms with Crippen molar-refractivity contribution in [1.82, 2.24) is 25.5 Å². The standard InChI is InChI=1S/C20H17N7OS2/c1-26-14-9-5-6-10-15(14)29-18(26)16-17(28)27(12-11-13-7-3-2-4-8-13)20(30-16)21-19-22-24-25-23-19/h2-10H,11-12H2,1H3,(H,22,23,24,25)/b18-16-,21-20?. The summed E-state index contributed by atoms with van der Waals surface area (Å²) in [5.41, 5.74) is 2.26. The van der Waals surface area contributed by atoms with Crippen LogP contribution in [0.1, 0.15) is 5.56 Å². The van der Waals surface area contributed by atoms with Crippen molar-refractivity contribution in [3.8, 4) is 0 Å².